The topological polar surface area (TPSA) is 54.4 Å². The van der Waals surface area contributed by atoms with E-state index in [9.17, 15) is 14.7 Å². The zero-order chi connectivity index (χ0) is 17.1. The number of fused-ring (bicyclic) bond motifs is 5. The predicted molar refractivity (Wildman–Crippen MR) is 92.3 cm³/mol. The van der Waals surface area contributed by atoms with Crippen molar-refractivity contribution >= 4 is 11.6 Å². The number of rotatable bonds is 1. The Morgan fingerprint density at radius 2 is 1.96 bits per heavy atom. The van der Waals surface area contributed by atoms with Gasteiger partial charge in [0.05, 0.1) is 6.61 Å². The van der Waals surface area contributed by atoms with Gasteiger partial charge in [0.2, 0.25) is 0 Å². The smallest absolute Gasteiger partial charge is 0.155 e. The van der Waals surface area contributed by atoms with Gasteiger partial charge in [0.15, 0.2) is 5.78 Å². The lowest BCUT2D eigenvalue weighted by molar-refractivity contribution is -0.142. The van der Waals surface area contributed by atoms with Gasteiger partial charge in [0.25, 0.3) is 0 Å². The van der Waals surface area contributed by atoms with Crippen molar-refractivity contribution in [2.24, 2.45) is 28.6 Å². The minimum Gasteiger partial charge on any atom is -0.392 e. The Balaban J connectivity index is 1.74. The number of aliphatic hydroxyl groups excluding tert-OH is 1. The van der Waals surface area contributed by atoms with E-state index in [0.29, 0.717) is 30.5 Å². The zero-order valence-electron chi connectivity index (χ0n) is 14.8. The number of aliphatic hydroxyl groups is 1. The third kappa shape index (κ3) is 2.06. The molecule has 0 saturated heterocycles. The molecule has 4 aliphatic rings. The normalized spacial score (nSPS) is 46.4. The molecule has 0 heterocycles. The molecule has 0 aliphatic heterocycles. The van der Waals surface area contributed by atoms with E-state index in [4.69, 9.17) is 0 Å². The molecule has 24 heavy (non-hydrogen) atoms. The maximum absolute atomic E-state index is 13.3. The van der Waals surface area contributed by atoms with E-state index in [1.54, 1.807) is 0 Å². The fraction of sp³-hybridized carbons (Fsp3) is 0.714. The van der Waals surface area contributed by atoms with Crippen LogP contribution in [-0.4, -0.2) is 23.3 Å². The highest BCUT2D eigenvalue weighted by Gasteiger charge is 2.60. The molecule has 0 aromatic rings. The Bertz CT molecular complexity index is 658. The Morgan fingerprint density at radius 1 is 1.17 bits per heavy atom. The summed E-state index contributed by atoms with van der Waals surface area (Å²) in [7, 11) is 0. The molecule has 0 aromatic heterocycles. The molecule has 0 spiro atoms. The SMILES string of the molecule is C[C@]12CCC(=O)C=C1CC[C@@H]1[C@@H]2C(=O)C[C@]2(C)C(=CCO)CC[C@@H]12. The van der Waals surface area contributed by atoms with Gasteiger partial charge in [0, 0.05) is 18.8 Å². The lowest BCUT2D eigenvalue weighted by Gasteiger charge is -2.56. The van der Waals surface area contributed by atoms with E-state index in [1.807, 2.05) is 12.2 Å². The van der Waals surface area contributed by atoms with E-state index < -0.39 is 0 Å². The number of carbonyl (C=O) groups excluding carboxylic acids is 2. The number of hydrogen-bond donors (Lipinski definition) is 1. The molecular weight excluding hydrogens is 300 g/mol. The summed E-state index contributed by atoms with van der Waals surface area (Å²) in [6, 6.07) is 0. The minimum absolute atomic E-state index is 0.0525. The van der Waals surface area contributed by atoms with E-state index in [2.05, 4.69) is 13.8 Å². The largest absolute Gasteiger partial charge is 0.392 e. The van der Waals surface area contributed by atoms with Gasteiger partial charge < -0.3 is 5.11 Å². The molecule has 3 saturated carbocycles. The summed E-state index contributed by atoms with van der Waals surface area (Å²) < 4.78 is 0. The first-order chi connectivity index (χ1) is 11.4. The summed E-state index contributed by atoms with van der Waals surface area (Å²) in [5, 5.41) is 9.35. The van der Waals surface area contributed by atoms with Gasteiger partial charge in [-0.25, -0.2) is 0 Å². The van der Waals surface area contributed by atoms with E-state index in [-0.39, 0.29) is 29.1 Å². The minimum atomic E-state index is -0.0985. The van der Waals surface area contributed by atoms with Crippen LogP contribution < -0.4 is 0 Å². The van der Waals surface area contributed by atoms with E-state index in [1.165, 1.54) is 11.1 Å². The molecule has 0 radical (unpaired) electrons. The highest BCUT2D eigenvalue weighted by atomic mass is 16.2. The van der Waals surface area contributed by atoms with Crippen LogP contribution in [0.25, 0.3) is 0 Å². The number of Topliss-reactive ketones (excluding diaryl/α,β-unsaturated/α-hetero) is 1. The van der Waals surface area contributed by atoms with Crippen molar-refractivity contribution in [1.82, 2.24) is 0 Å². The Morgan fingerprint density at radius 3 is 2.71 bits per heavy atom. The second-order valence-electron chi connectivity index (χ2n) is 8.85. The molecule has 130 valence electrons. The van der Waals surface area contributed by atoms with Crippen LogP contribution in [0.4, 0.5) is 0 Å². The maximum atomic E-state index is 13.3. The summed E-state index contributed by atoms with van der Waals surface area (Å²) in [4.78, 5) is 25.1. The molecule has 3 fully saturated rings. The Kier molecular flexibility index (Phi) is 3.65. The summed E-state index contributed by atoms with van der Waals surface area (Å²) in [5.41, 5.74) is 2.38. The summed E-state index contributed by atoms with van der Waals surface area (Å²) in [5.74, 6) is 1.72. The van der Waals surface area contributed by atoms with Crippen LogP contribution in [0.1, 0.15) is 58.8 Å². The average molecular weight is 328 g/mol. The van der Waals surface area contributed by atoms with Crippen LogP contribution in [0.15, 0.2) is 23.3 Å². The van der Waals surface area contributed by atoms with Gasteiger partial charge in [-0.1, -0.05) is 31.1 Å². The standard InChI is InChI=1S/C21H28O3/c1-20-9-7-15(23)11-14(20)3-5-16-17-6-4-13(8-10-22)21(17,2)12-18(24)19(16)20/h8,11,16-17,19,22H,3-7,9-10,12H2,1-2H3/t16-,17-,19+,20-,21+/m0/s1. The highest BCUT2D eigenvalue weighted by Crippen LogP contribution is 2.65. The Labute approximate surface area is 144 Å². The van der Waals surface area contributed by atoms with Crippen molar-refractivity contribution < 1.29 is 14.7 Å². The van der Waals surface area contributed by atoms with Crippen LogP contribution in [0.5, 0.6) is 0 Å². The van der Waals surface area contributed by atoms with Gasteiger partial charge in [-0.2, -0.15) is 0 Å². The van der Waals surface area contributed by atoms with Crippen LogP contribution in [0, 0.1) is 28.6 Å². The Hall–Kier alpha value is -1.22. The average Bonchev–Trinajstić information content (AvgIpc) is 2.84. The monoisotopic (exact) mass is 328 g/mol. The molecule has 4 aliphatic carbocycles. The molecule has 3 heteroatoms. The molecule has 0 bridgehead atoms. The van der Waals surface area contributed by atoms with Crippen LogP contribution in [-0.2, 0) is 9.59 Å². The molecule has 5 atom stereocenters. The van der Waals surface area contributed by atoms with Gasteiger partial charge in [0.1, 0.15) is 5.78 Å². The second kappa shape index (κ2) is 5.39. The van der Waals surface area contributed by atoms with Crippen LogP contribution in [0.2, 0.25) is 0 Å². The number of ketones is 2. The third-order valence-corrected chi connectivity index (χ3v) is 7.84. The number of hydrogen-bond acceptors (Lipinski definition) is 3. The summed E-state index contributed by atoms with van der Waals surface area (Å²) in [6.07, 6.45) is 10.0. The predicted octanol–water partition coefficient (Wildman–Crippen LogP) is 3.62. The number of allylic oxidation sites excluding steroid dienone is 2. The van der Waals surface area contributed by atoms with Crippen molar-refractivity contribution in [3.05, 3.63) is 23.3 Å². The van der Waals surface area contributed by atoms with E-state index in [0.717, 1.165) is 32.1 Å². The molecule has 0 unspecified atom stereocenters. The van der Waals surface area contributed by atoms with Gasteiger partial charge in [-0.15, -0.1) is 0 Å². The quantitative estimate of drug-likeness (QED) is 0.748. The molecule has 4 rings (SSSR count). The molecule has 3 nitrogen and oxygen atoms in total. The van der Waals surface area contributed by atoms with Crippen LogP contribution >= 0.6 is 0 Å². The fourth-order valence-corrected chi connectivity index (χ4v) is 6.68. The van der Waals surface area contributed by atoms with E-state index >= 15 is 0 Å². The van der Waals surface area contributed by atoms with Crippen molar-refractivity contribution in [3.63, 3.8) is 0 Å². The lowest BCUT2D eigenvalue weighted by atomic mass is 9.47. The fourth-order valence-electron chi connectivity index (χ4n) is 6.68. The van der Waals surface area contributed by atoms with Gasteiger partial charge in [-0.05, 0) is 60.8 Å². The highest BCUT2D eigenvalue weighted by molar-refractivity contribution is 5.93. The molecule has 0 aromatic carbocycles. The maximum Gasteiger partial charge on any atom is 0.155 e. The first-order valence-electron chi connectivity index (χ1n) is 9.47. The van der Waals surface area contributed by atoms with Crippen molar-refractivity contribution in [2.75, 3.05) is 6.61 Å². The summed E-state index contributed by atoms with van der Waals surface area (Å²) in [6.45, 7) is 4.56. The molecule has 0 amide bonds. The first-order valence-corrected chi connectivity index (χ1v) is 9.47. The second-order valence-corrected chi connectivity index (χ2v) is 8.85. The van der Waals surface area contributed by atoms with Gasteiger partial charge in [-0.3, -0.25) is 9.59 Å². The van der Waals surface area contributed by atoms with Crippen molar-refractivity contribution in [3.8, 4) is 0 Å². The third-order valence-electron chi connectivity index (χ3n) is 7.84. The van der Waals surface area contributed by atoms with Gasteiger partial charge >= 0.3 is 0 Å². The number of carbonyl (C=O) groups is 2. The molecular formula is C21H28O3. The van der Waals surface area contributed by atoms with Crippen molar-refractivity contribution in [2.45, 2.75) is 58.8 Å². The van der Waals surface area contributed by atoms with Crippen LogP contribution in [0.3, 0.4) is 0 Å². The first kappa shape index (κ1) is 16.3. The summed E-state index contributed by atoms with van der Waals surface area (Å²) >= 11 is 0. The zero-order valence-corrected chi connectivity index (χ0v) is 14.8. The lowest BCUT2D eigenvalue weighted by Crippen LogP contribution is -2.54. The van der Waals surface area contributed by atoms with Crippen molar-refractivity contribution in [1.29, 1.82) is 0 Å². The molecule has 1 N–H and O–H groups in total.